The Morgan fingerprint density at radius 1 is 1.17 bits per heavy atom. The molecular weight excluding hydrogens is 372 g/mol. The van der Waals surface area contributed by atoms with Crippen LogP contribution in [0.5, 0.6) is 0 Å². The summed E-state index contributed by atoms with van der Waals surface area (Å²) < 4.78 is 27.8. The van der Waals surface area contributed by atoms with Gasteiger partial charge in [0.05, 0.1) is 5.69 Å². The first-order valence-electron chi connectivity index (χ1n) is 4.93. The lowest BCUT2D eigenvalue weighted by molar-refractivity contribution is 0.208. The summed E-state index contributed by atoms with van der Waals surface area (Å²) in [5.41, 5.74) is 0.0771. The number of pyridine rings is 1. The quantitative estimate of drug-likeness (QED) is 0.857. The molecule has 1 unspecified atom stereocenters. The van der Waals surface area contributed by atoms with Crippen LogP contribution in [0.15, 0.2) is 39.4 Å². The van der Waals surface area contributed by atoms with Crippen molar-refractivity contribution in [2.75, 3.05) is 0 Å². The minimum atomic E-state index is -1.33. The van der Waals surface area contributed by atoms with E-state index in [1.165, 1.54) is 6.20 Å². The molecule has 1 aromatic heterocycles. The van der Waals surface area contributed by atoms with E-state index in [0.717, 1.165) is 18.2 Å². The van der Waals surface area contributed by atoms with E-state index in [4.69, 9.17) is 0 Å². The molecule has 0 amide bonds. The second kappa shape index (κ2) is 5.42. The van der Waals surface area contributed by atoms with Crippen LogP contribution in [-0.4, -0.2) is 10.1 Å². The zero-order chi connectivity index (χ0) is 13.3. The average molecular weight is 379 g/mol. The van der Waals surface area contributed by atoms with Gasteiger partial charge in [0.25, 0.3) is 0 Å². The summed E-state index contributed by atoms with van der Waals surface area (Å²) in [6.07, 6.45) is 0.142. The van der Waals surface area contributed by atoms with Crippen LogP contribution in [-0.2, 0) is 0 Å². The number of aliphatic hydroxyl groups is 1. The summed E-state index contributed by atoms with van der Waals surface area (Å²) >= 11 is 6.44. The number of nitrogens with zero attached hydrogens (tertiary/aromatic N) is 1. The molecule has 18 heavy (non-hydrogen) atoms. The fraction of sp³-hybridized carbons (Fsp3) is 0.0833. The average Bonchev–Trinajstić information content (AvgIpc) is 2.31. The van der Waals surface area contributed by atoms with E-state index in [2.05, 4.69) is 36.8 Å². The highest BCUT2D eigenvalue weighted by Crippen LogP contribution is 2.30. The van der Waals surface area contributed by atoms with Gasteiger partial charge in [0.15, 0.2) is 0 Å². The van der Waals surface area contributed by atoms with Crippen molar-refractivity contribution >= 4 is 31.9 Å². The molecule has 0 aliphatic carbocycles. The highest BCUT2D eigenvalue weighted by atomic mass is 79.9. The summed E-state index contributed by atoms with van der Waals surface area (Å²) in [6, 6.07) is 4.59. The van der Waals surface area contributed by atoms with Gasteiger partial charge in [0.1, 0.15) is 17.7 Å². The number of hydrogen-bond acceptors (Lipinski definition) is 2. The highest BCUT2D eigenvalue weighted by molar-refractivity contribution is 9.11. The van der Waals surface area contributed by atoms with E-state index in [0.29, 0.717) is 8.95 Å². The lowest BCUT2D eigenvalue weighted by Crippen LogP contribution is -2.06. The fourth-order valence-corrected chi connectivity index (χ4v) is 2.70. The van der Waals surface area contributed by atoms with Gasteiger partial charge in [-0.15, -0.1) is 0 Å². The Balaban J connectivity index is 2.47. The van der Waals surface area contributed by atoms with Crippen molar-refractivity contribution in [2.45, 2.75) is 6.10 Å². The molecule has 2 nitrogen and oxygen atoms in total. The molecule has 1 atom stereocenters. The summed E-state index contributed by atoms with van der Waals surface area (Å²) in [5, 5.41) is 10.1. The predicted molar refractivity (Wildman–Crippen MR) is 70.1 cm³/mol. The molecular formula is C12H7Br2F2NO. The molecule has 2 rings (SSSR count). The molecule has 0 saturated carbocycles. The van der Waals surface area contributed by atoms with Gasteiger partial charge in [-0.3, -0.25) is 4.98 Å². The molecule has 0 radical (unpaired) electrons. The van der Waals surface area contributed by atoms with E-state index in [1.54, 1.807) is 6.07 Å². The maximum Gasteiger partial charge on any atom is 0.129 e. The smallest absolute Gasteiger partial charge is 0.129 e. The van der Waals surface area contributed by atoms with Crippen LogP contribution in [0.3, 0.4) is 0 Å². The maximum atomic E-state index is 13.5. The standard InChI is InChI=1S/C12H7Br2F2NO/c13-6-3-9(14)11(17-5-6)12(18)8-4-7(15)1-2-10(8)16/h1-5,12,18H. The Labute approximate surface area is 119 Å². The largest absolute Gasteiger partial charge is 0.382 e. The molecule has 1 aromatic carbocycles. The van der Waals surface area contributed by atoms with Crippen molar-refractivity contribution in [3.63, 3.8) is 0 Å². The first kappa shape index (κ1) is 13.6. The third-order valence-electron chi connectivity index (χ3n) is 2.35. The molecule has 0 bridgehead atoms. The first-order valence-corrected chi connectivity index (χ1v) is 6.51. The number of rotatable bonds is 2. The third kappa shape index (κ3) is 2.76. The van der Waals surface area contributed by atoms with Crippen molar-refractivity contribution in [1.82, 2.24) is 4.98 Å². The predicted octanol–water partition coefficient (Wildman–Crippen LogP) is 3.97. The maximum absolute atomic E-state index is 13.5. The SMILES string of the molecule is OC(c1cc(F)ccc1F)c1ncc(Br)cc1Br. The van der Waals surface area contributed by atoms with Crippen molar-refractivity contribution in [1.29, 1.82) is 0 Å². The number of hydrogen-bond donors (Lipinski definition) is 1. The number of benzene rings is 1. The zero-order valence-electron chi connectivity index (χ0n) is 8.87. The van der Waals surface area contributed by atoms with Crippen molar-refractivity contribution < 1.29 is 13.9 Å². The summed E-state index contributed by atoms with van der Waals surface area (Å²) in [4.78, 5) is 3.99. The number of aromatic nitrogens is 1. The molecule has 0 aliphatic heterocycles. The van der Waals surface area contributed by atoms with Crippen molar-refractivity contribution in [3.8, 4) is 0 Å². The highest BCUT2D eigenvalue weighted by Gasteiger charge is 2.19. The van der Waals surface area contributed by atoms with Crippen molar-refractivity contribution in [3.05, 3.63) is 62.3 Å². The van der Waals surface area contributed by atoms with Gasteiger partial charge >= 0.3 is 0 Å². The molecule has 0 spiro atoms. The minimum absolute atomic E-state index is 0.148. The Bertz CT molecular complexity index is 592. The zero-order valence-corrected chi connectivity index (χ0v) is 12.0. The second-order valence-electron chi connectivity index (χ2n) is 3.59. The van der Waals surface area contributed by atoms with Crippen LogP contribution in [0.1, 0.15) is 17.4 Å². The van der Waals surface area contributed by atoms with Crippen LogP contribution >= 0.6 is 31.9 Å². The molecule has 0 aliphatic rings. The Hall–Kier alpha value is -0.850. The summed E-state index contributed by atoms with van der Waals surface area (Å²) in [5.74, 6) is -1.29. The van der Waals surface area contributed by atoms with Gasteiger partial charge in [-0.2, -0.15) is 0 Å². The van der Waals surface area contributed by atoms with Gasteiger partial charge in [0, 0.05) is 20.7 Å². The molecule has 1 heterocycles. The Kier molecular flexibility index (Phi) is 4.09. The topological polar surface area (TPSA) is 33.1 Å². The van der Waals surface area contributed by atoms with Crippen LogP contribution in [0, 0.1) is 11.6 Å². The van der Waals surface area contributed by atoms with Crippen molar-refractivity contribution in [2.24, 2.45) is 0 Å². The van der Waals surface area contributed by atoms with Crippen LogP contribution in [0.25, 0.3) is 0 Å². The number of halogens is 4. The molecule has 1 N–H and O–H groups in total. The fourth-order valence-electron chi connectivity index (χ4n) is 1.50. The third-order valence-corrected chi connectivity index (χ3v) is 3.42. The molecule has 0 fully saturated rings. The lowest BCUT2D eigenvalue weighted by atomic mass is 10.1. The van der Waals surface area contributed by atoms with Gasteiger partial charge < -0.3 is 5.11 Å². The van der Waals surface area contributed by atoms with Gasteiger partial charge in [-0.1, -0.05) is 0 Å². The Morgan fingerprint density at radius 3 is 2.56 bits per heavy atom. The van der Waals surface area contributed by atoms with Gasteiger partial charge in [-0.05, 0) is 56.1 Å². The minimum Gasteiger partial charge on any atom is -0.382 e. The van der Waals surface area contributed by atoms with Gasteiger partial charge in [-0.25, -0.2) is 8.78 Å². The first-order chi connectivity index (χ1) is 8.49. The van der Waals surface area contributed by atoms with Gasteiger partial charge in [0.2, 0.25) is 0 Å². The Morgan fingerprint density at radius 2 is 1.89 bits per heavy atom. The second-order valence-corrected chi connectivity index (χ2v) is 5.36. The van der Waals surface area contributed by atoms with Crippen LogP contribution in [0.2, 0.25) is 0 Å². The van der Waals surface area contributed by atoms with Crippen LogP contribution < -0.4 is 0 Å². The van der Waals surface area contributed by atoms with E-state index in [1.807, 2.05) is 0 Å². The normalized spacial score (nSPS) is 12.5. The van der Waals surface area contributed by atoms with Crippen LogP contribution in [0.4, 0.5) is 8.78 Å². The number of aliphatic hydroxyl groups excluding tert-OH is 1. The summed E-state index contributed by atoms with van der Waals surface area (Å²) in [6.45, 7) is 0. The van der Waals surface area contributed by atoms with E-state index >= 15 is 0 Å². The van der Waals surface area contributed by atoms with E-state index < -0.39 is 17.7 Å². The molecule has 94 valence electrons. The molecule has 6 heteroatoms. The van der Waals surface area contributed by atoms with E-state index in [9.17, 15) is 13.9 Å². The van der Waals surface area contributed by atoms with E-state index in [-0.39, 0.29) is 11.3 Å². The monoisotopic (exact) mass is 377 g/mol. The summed E-state index contributed by atoms with van der Waals surface area (Å²) in [7, 11) is 0. The molecule has 2 aromatic rings. The lowest BCUT2D eigenvalue weighted by Gasteiger charge is -2.13. The molecule has 0 saturated heterocycles.